The molecule has 0 aromatic heterocycles. The monoisotopic (exact) mass is 392 g/mol. The van der Waals surface area contributed by atoms with E-state index in [9.17, 15) is 22.8 Å². The number of carbonyl (C=O) groups excluding carboxylic acids is 2. The maximum absolute atomic E-state index is 13.7. The second-order valence-electron chi connectivity index (χ2n) is 6.79. The van der Waals surface area contributed by atoms with Crippen LogP contribution in [-0.2, 0) is 4.79 Å². The zero-order valence-corrected chi connectivity index (χ0v) is 15.4. The minimum absolute atomic E-state index is 0.0179. The summed E-state index contributed by atoms with van der Waals surface area (Å²) < 4.78 is 39.9. The summed E-state index contributed by atoms with van der Waals surface area (Å²) in [6.07, 6.45) is 0. The van der Waals surface area contributed by atoms with E-state index in [1.807, 2.05) is 12.1 Å². The molecule has 1 amide bonds. The first kappa shape index (κ1) is 19.9. The Morgan fingerprint density at radius 2 is 1.64 bits per heavy atom. The highest BCUT2D eigenvalue weighted by Crippen LogP contribution is 2.19. The van der Waals surface area contributed by atoms with E-state index in [1.165, 1.54) is 6.92 Å². The quantitative estimate of drug-likeness (QED) is 0.601. The van der Waals surface area contributed by atoms with Gasteiger partial charge in [-0.05, 0) is 43.3 Å². The van der Waals surface area contributed by atoms with E-state index in [-0.39, 0.29) is 18.0 Å². The van der Waals surface area contributed by atoms with Gasteiger partial charge in [0.05, 0.1) is 31.9 Å². The minimum atomic E-state index is -1.60. The maximum atomic E-state index is 13.7. The Labute approximate surface area is 160 Å². The van der Waals surface area contributed by atoms with Gasteiger partial charge in [-0.2, -0.15) is 0 Å². The summed E-state index contributed by atoms with van der Waals surface area (Å²) in [7, 11) is 0. The number of anilines is 2. The van der Waals surface area contributed by atoms with Crippen LogP contribution in [0.4, 0.5) is 24.5 Å². The Morgan fingerprint density at radius 3 is 2.25 bits per heavy atom. The van der Waals surface area contributed by atoms with Crippen LogP contribution < -0.4 is 15.1 Å². The molecular formula is C20H21F3N3O2+. The molecule has 1 aliphatic heterocycles. The normalized spacial score (nSPS) is 14.8. The van der Waals surface area contributed by atoms with Crippen LogP contribution >= 0.6 is 0 Å². The highest BCUT2D eigenvalue weighted by Gasteiger charge is 2.23. The molecule has 0 unspecified atom stereocenters. The molecule has 28 heavy (non-hydrogen) atoms. The van der Waals surface area contributed by atoms with Gasteiger partial charge in [-0.3, -0.25) is 9.59 Å². The molecule has 0 bridgehead atoms. The molecule has 0 aliphatic carbocycles. The van der Waals surface area contributed by atoms with Gasteiger partial charge in [0, 0.05) is 11.3 Å². The predicted molar refractivity (Wildman–Crippen MR) is 99.2 cm³/mol. The van der Waals surface area contributed by atoms with E-state index >= 15 is 0 Å². The highest BCUT2D eigenvalue weighted by molar-refractivity contribution is 5.94. The Bertz CT molecular complexity index is 879. The summed E-state index contributed by atoms with van der Waals surface area (Å²) in [5, 5.41) is 2.30. The number of hydrogen-bond donors (Lipinski definition) is 2. The van der Waals surface area contributed by atoms with Crippen molar-refractivity contribution in [2.75, 3.05) is 42.9 Å². The van der Waals surface area contributed by atoms with Crippen LogP contribution in [0.25, 0.3) is 0 Å². The standard InChI is InChI=1S/C20H20F3N3O2/c1-13(27)14-2-4-15(5-3-14)26-10-8-25(9-11-26)12-18(28)24-17-7-6-16(21)19(22)20(17)23/h2-7H,8-12H2,1H3,(H,24,28)/p+1. The van der Waals surface area contributed by atoms with Crippen molar-refractivity contribution in [2.45, 2.75) is 6.92 Å². The van der Waals surface area contributed by atoms with Gasteiger partial charge in [0.25, 0.3) is 5.91 Å². The molecule has 8 heteroatoms. The zero-order chi connectivity index (χ0) is 20.3. The Morgan fingerprint density at radius 1 is 1.00 bits per heavy atom. The third-order valence-corrected chi connectivity index (χ3v) is 4.83. The first-order chi connectivity index (χ1) is 13.3. The van der Waals surface area contributed by atoms with Gasteiger partial charge in [0.2, 0.25) is 0 Å². The minimum Gasteiger partial charge on any atom is -0.360 e. The van der Waals surface area contributed by atoms with Crippen molar-refractivity contribution in [1.82, 2.24) is 0 Å². The number of nitrogens with one attached hydrogen (secondary N) is 2. The number of carbonyl (C=O) groups is 2. The van der Waals surface area contributed by atoms with Crippen molar-refractivity contribution >= 4 is 23.1 Å². The van der Waals surface area contributed by atoms with E-state index in [2.05, 4.69) is 10.2 Å². The third kappa shape index (κ3) is 4.51. The smallest absolute Gasteiger partial charge is 0.279 e. The first-order valence-corrected chi connectivity index (χ1v) is 8.98. The van der Waals surface area contributed by atoms with Gasteiger partial charge >= 0.3 is 0 Å². The molecule has 0 atom stereocenters. The number of quaternary nitrogens is 1. The maximum Gasteiger partial charge on any atom is 0.279 e. The number of hydrogen-bond acceptors (Lipinski definition) is 3. The van der Waals surface area contributed by atoms with Crippen LogP contribution in [0.15, 0.2) is 36.4 Å². The Hall–Kier alpha value is -2.87. The van der Waals surface area contributed by atoms with Crippen molar-refractivity contribution in [3.05, 3.63) is 59.4 Å². The van der Waals surface area contributed by atoms with Gasteiger partial charge in [0.1, 0.15) is 0 Å². The van der Waals surface area contributed by atoms with Gasteiger partial charge in [-0.25, -0.2) is 13.2 Å². The lowest BCUT2D eigenvalue weighted by Crippen LogP contribution is -3.15. The molecule has 0 radical (unpaired) electrons. The van der Waals surface area contributed by atoms with Gasteiger partial charge < -0.3 is 15.1 Å². The van der Waals surface area contributed by atoms with Crippen molar-refractivity contribution < 1.29 is 27.7 Å². The summed E-state index contributed by atoms with van der Waals surface area (Å²) in [5.74, 6) is -4.74. The van der Waals surface area contributed by atoms with Crippen LogP contribution in [0.2, 0.25) is 0 Å². The Balaban J connectivity index is 1.52. The van der Waals surface area contributed by atoms with Crippen molar-refractivity contribution in [2.24, 2.45) is 0 Å². The number of ketones is 1. The molecule has 2 aromatic rings. The molecule has 1 aliphatic rings. The molecule has 148 valence electrons. The summed E-state index contributed by atoms with van der Waals surface area (Å²) in [5.41, 5.74) is 1.30. The molecule has 2 N–H and O–H groups in total. The summed E-state index contributed by atoms with van der Waals surface area (Å²) in [6, 6.07) is 9.17. The molecule has 2 aromatic carbocycles. The number of halogens is 3. The topological polar surface area (TPSA) is 53.9 Å². The lowest BCUT2D eigenvalue weighted by atomic mass is 10.1. The summed E-state index contributed by atoms with van der Waals surface area (Å²) in [6.45, 7) is 4.47. The van der Waals surface area contributed by atoms with Crippen LogP contribution in [0, 0.1) is 17.5 Å². The Kier molecular flexibility index (Phi) is 5.99. The SMILES string of the molecule is CC(=O)c1ccc(N2CC[NH+](CC(=O)Nc3ccc(F)c(F)c3F)CC2)cc1. The molecule has 5 nitrogen and oxygen atoms in total. The third-order valence-electron chi connectivity index (χ3n) is 4.83. The van der Waals surface area contributed by atoms with Gasteiger partial charge in [0.15, 0.2) is 29.8 Å². The fourth-order valence-electron chi connectivity index (χ4n) is 3.21. The zero-order valence-electron chi connectivity index (χ0n) is 15.4. The van der Waals surface area contributed by atoms with E-state index < -0.39 is 23.4 Å². The van der Waals surface area contributed by atoms with Crippen LogP contribution in [0.1, 0.15) is 17.3 Å². The predicted octanol–water partition coefficient (Wildman–Crippen LogP) is 1.65. The number of rotatable bonds is 5. The lowest BCUT2D eigenvalue weighted by Gasteiger charge is -2.33. The fraction of sp³-hybridized carbons (Fsp3) is 0.300. The van der Waals surface area contributed by atoms with E-state index in [1.54, 1.807) is 12.1 Å². The fourth-order valence-corrected chi connectivity index (χ4v) is 3.21. The number of nitrogens with zero attached hydrogens (tertiary/aromatic N) is 1. The molecule has 0 saturated carbocycles. The number of benzene rings is 2. The van der Waals surface area contributed by atoms with Crippen molar-refractivity contribution in [3.63, 3.8) is 0 Å². The van der Waals surface area contributed by atoms with Crippen molar-refractivity contribution in [1.29, 1.82) is 0 Å². The average molecular weight is 392 g/mol. The highest BCUT2D eigenvalue weighted by atomic mass is 19.2. The summed E-state index contributed by atoms with van der Waals surface area (Å²) >= 11 is 0. The molecule has 3 rings (SSSR count). The van der Waals surface area contributed by atoms with Crippen molar-refractivity contribution in [3.8, 4) is 0 Å². The van der Waals surface area contributed by atoms with Gasteiger partial charge in [-0.15, -0.1) is 0 Å². The molecule has 1 saturated heterocycles. The molecule has 1 heterocycles. The van der Waals surface area contributed by atoms with E-state index in [0.29, 0.717) is 18.7 Å². The number of amides is 1. The van der Waals surface area contributed by atoms with Crippen LogP contribution in [0.3, 0.4) is 0 Å². The van der Waals surface area contributed by atoms with E-state index in [0.717, 1.165) is 35.8 Å². The van der Waals surface area contributed by atoms with Crippen LogP contribution in [0.5, 0.6) is 0 Å². The van der Waals surface area contributed by atoms with Crippen LogP contribution in [-0.4, -0.2) is 44.4 Å². The second kappa shape index (κ2) is 8.43. The lowest BCUT2D eigenvalue weighted by molar-refractivity contribution is -0.892. The second-order valence-corrected chi connectivity index (χ2v) is 6.79. The number of piperazine rings is 1. The number of Topliss-reactive ketones (excluding diaryl/α,β-unsaturated/α-hetero) is 1. The molecule has 0 spiro atoms. The molecule has 1 fully saturated rings. The van der Waals surface area contributed by atoms with E-state index in [4.69, 9.17) is 0 Å². The first-order valence-electron chi connectivity index (χ1n) is 8.98. The van der Waals surface area contributed by atoms with Gasteiger partial charge in [-0.1, -0.05) is 0 Å². The largest absolute Gasteiger partial charge is 0.360 e. The summed E-state index contributed by atoms with van der Waals surface area (Å²) in [4.78, 5) is 26.6. The average Bonchev–Trinajstić information content (AvgIpc) is 2.69. The molecular weight excluding hydrogens is 371 g/mol.